The maximum absolute atomic E-state index is 11.8. The van der Waals surface area contributed by atoms with Crippen LogP contribution < -0.4 is 0 Å². The molecule has 0 fully saturated rings. The molecule has 0 spiro atoms. The summed E-state index contributed by atoms with van der Waals surface area (Å²) in [6, 6.07) is 12.6. The highest BCUT2D eigenvalue weighted by Gasteiger charge is 2.12. The number of hydrogen-bond acceptors (Lipinski definition) is 3. The van der Waals surface area contributed by atoms with Crippen molar-refractivity contribution in [2.24, 2.45) is 0 Å². The first-order chi connectivity index (χ1) is 11.7. The first-order valence-corrected chi connectivity index (χ1v) is 9.50. The third-order valence-electron chi connectivity index (χ3n) is 4.34. The molecule has 0 saturated heterocycles. The second-order valence-electron chi connectivity index (χ2n) is 6.19. The predicted octanol–water partition coefficient (Wildman–Crippen LogP) is 6.29. The van der Waals surface area contributed by atoms with Crippen molar-refractivity contribution in [3.8, 4) is 10.4 Å². The van der Waals surface area contributed by atoms with E-state index < -0.39 is 0 Å². The molecular formula is C21H23NOS. The zero-order valence-electron chi connectivity index (χ0n) is 14.3. The Morgan fingerprint density at radius 2 is 1.92 bits per heavy atom. The fourth-order valence-electron chi connectivity index (χ4n) is 3.09. The number of ketones is 1. The van der Waals surface area contributed by atoms with Crippen molar-refractivity contribution in [2.75, 3.05) is 0 Å². The van der Waals surface area contributed by atoms with Crippen molar-refractivity contribution in [3.05, 3.63) is 53.2 Å². The highest BCUT2D eigenvalue weighted by atomic mass is 32.1. The number of benzene rings is 1. The fourth-order valence-corrected chi connectivity index (χ4v) is 4.17. The Morgan fingerprint density at radius 3 is 2.71 bits per heavy atom. The van der Waals surface area contributed by atoms with Gasteiger partial charge >= 0.3 is 0 Å². The number of pyridine rings is 1. The molecule has 0 amide bonds. The molecule has 0 atom stereocenters. The van der Waals surface area contributed by atoms with Crippen molar-refractivity contribution in [3.63, 3.8) is 0 Å². The predicted molar refractivity (Wildman–Crippen MR) is 103 cm³/mol. The monoisotopic (exact) mass is 337 g/mol. The summed E-state index contributed by atoms with van der Waals surface area (Å²) < 4.78 is 0. The molecule has 0 saturated carbocycles. The van der Waals surface area contributed by atoms with Crippen molar-refractivity contribution >= 4 is 27.9 Å². The van der Waals surface area contributed by atoms with Gasteiger partial charge in [-0.3, -0.25) is 9.78 Å². The second kappa shape index (κ2) is 7.71. The fraction of sp³-hybridized carbons (Fsp3) is 0.333. The van der Waals surface area contributed by atoms with Crippen LogP contribution in [0.5, 0.6) is 0 Å². The van der Waals surface area contributed by atoms with Crippen LogP contribution in [0.15, 0.2) is 42.6 Å². The number of aromatic nitrogens is 1. The van der Waals surface area contributed by atoms with Gasteiger partial charge in [0.2, 0.25) is 0 Å². The highest BCUT2D eigenvalue weighted by molar-refractivity contribution is 7.15. The summed E-state index contributed by atoms with van der Waals surface area (Å²) in [7, 11) is 0. The van der Waals surface area contributed by atoms with Crippen molar-refractivity contribution < 1.29 is 4.79 Å². The Hall–Kier alpha value is -2.00. The lowest BCUT2D eigenvalue weighted by Crippen LogP contribution is -1.97. The SMILES string of the molecule is CCCCCCc1ccc(-c2cccc3c(C(C)=O)nccc23)s1. The van der Waals surface area contributed by atoms with Gasteiger partial charge < -0.3 is 0 Å². The minimum Gasteiger partial charge on any atom is -0.293 e. The van der Waals surface area contributed by atoms with Gasteiger partial charge in [-0.05, 0) is 42.0 Å². The van der Waals surface area contributed by atoms with E-state index in [4.69, 9.17) is 0 Å². The van der Waals surface area contributed by atoms with E-state index in [1.165, 1.54) is 41.0 Å². The number of hydrogen-bond donors (Lipinski definition) is 0. The molecular weight excluding hydrogens is 314 g/mol. The van der Waals surface area contributed by atoms with E-state index >= 15 is 0 Å². The summed E-state index contributed by atoms with van der Waals surface area (Å²) in [5.74, 6) is 0.0144. The molecule has 2 heterocycles. The first kappa shape index (κ1) is 16.8. The molecule has 3 heteroatoms. The molecule has 124 valence electrons. The molecule has 0 aliphatic carbocycles. The Labute approximate surface area is 147 Å². The number of carbonyl (C=O) groups excluding carboxylic acids is 1. The van der Waals surface area contributed by atoms with Gasteiger partial charge in [0.05, 0.1) is 0 Å². The first-order valence-electron chi connectivity index (χ1n) is 8.68. The molecule has 0 unspecified atom stereocenters. The molecule has 3 aromatic rings. The summed E-state index contributed by atoms with van der Waals surface area (Å²) in [5.41, 5.74) is 1.76. The van der Waals surface area contributed by atoms with Crippen LogP contribution in [0.1, 0.15) is 54.9 Å². The van der Waals surface area contributed by atoms with Crippen LogP contribution in [-0.2, 0) is 6.42 Å². The number of thiophene rings is 1. The van der Waals surface area contributed by atoms with Crippen molar-refractivity contribution in [1.29, 1.82) is 0 Å². The smallest absolute Gasteiger partial charge is 0.178 e. The average molecular weight is 337 g/mol. The van der Waals surface area contributed by atoms with E-state index in [1.807, 2.05) is 29.5 Å². The third-order valence-corrected chi connectivity index (χ3v) is 5.52. The number of unbranched alkanes of at least 4 members (excludes halogenated alkanes) is 3. The highest BCUT2D eigenvalue weighted by Crippen LogP contribution is 2.34. The Morgan fingerprint density at radius 1 is 1.04 bits per heavy atom. The summed E-state index contributed by atoms with van der Waals surface area (Å²) in [4.78, 5) is 18.8. The normalized spacial score (nSPS) is 11.1. The molecule has 1 aromatic carbocycles. The molecule has 24 heavy (non-hydrogen) atoms. The number of fused-ring (bicyclic) bond motifs is 1. The molecule has 2 nitrogen and oxygen atoms in total. The molecule has 0 aliphatic rings. The summed E-state index contributed by atoms with van der Waals surface area (Å²) in [6.07, 6.45) is 8.07. The van der Waals surface area contributed by atoms with E-state index in [0.29, 0.717) is 5.69 Å². The number of aryl methyl sites for hydroxylation is 1. The minimum atomic E-state index is 0.0144. The molecule has 2 aromatic heterocycles. The van der Waals surface area contributed by atoms with Gasteiger partial charge in [-0.2, -0.15) is 0 Å². The largest absolute Gasteiger partial charge is 0.293 e. The molecule has 0 bridgehead atoms. The van der Waals surface area contributed by atoms with E-state index in [2.05, 4.69) is 30.1 Å². The lowest BCUT2D eigenvalue weighted by Gasteiger charge is -2.07. The third kappa shape index (κ3) is 3.57. The maximum Gasteiger partial charge on any atom is 0.178 e. The summed E-state index contributed by atoms with van der Waals surface area (Å²) in [6.45, 7) is 3.82. The molecule has 0 aliphatic heterocycles. The number of Topliss-reactive ketones (excluding diaryl/α,β-unsaturated/α-hetero) is 1. The summed E-state index contributed by atoms with van der Waals surface area (Å²) >= 11 is 1.87. The van der Waals surface area contributed by atoms with Crippen LogP contribution in [0.4, 0.5) is 0 Å². The zero-order valence-corrected chi connectivity index (χ0v) is 15.2. The van der Waals surface area contributed by atoms with Gasteiger partial charge in [0.25, 0.3) is 0 Å². The van der Waals surface area contributed by atoms with Gasteiger partial charge in [0.1, 0.15) is 5.69 Å². The lowest BCUT2D eigenvalue weighted by atomic mass is 10.0. The van der Waals surface area contributed by atoms with Gasteiger partial charge in [-0.1, -0.05) is 44.4 Å². The molecule has 0 radical (unpaired) electrons. The Balaban J connectivity index is 1.91. The minimum absolute atomic E-state index is 0.0144. The zero-order chi connectivity index (χ0) is 16.9. The average Bonchev–Trinajstić information content (AvgIpc) is 3.06. The van der Waals surface area contributed by atoms with Crippen LogP contribution in [0.3, 0.4) is 0 Å². The summed E-state index contributed by atoms with van der Waals surface area (Å²) in [5, 5.41) is 2.05. The number of carbonyl (C=O) groups is 1. The topological polar surface area (TPSA) is 30.0 Å². The van der Waals surface area contributed by atoms with Crippen LogP contribution >= 0.6 is 11.3 Å². The van der Waals surface area contributed by atoms with Crippen LogP contribution in [0.2, 0.25) is 0 Å². The van der Waals surface area contributed by atoms with Crippen molar-refractivity contribution in [2.45, 2.75) is 46.0 Å². The maximum atomic E-state index is 11.8. The van der Waals surface area contributed by atoms with Gasteiger partial charge in [0.15, 0.2) is 5.78 Å². The van der Waals surface area contributed by atoms with E-state index in [-0.39, 0.29) is 5.78 Å². The van der Waals surface area contributed by atoms with Crippen LogP contribution in [0, 0.1) is 0 Å². The Bertz CT molecular complexity index is 850. The van der Waals surface area contributed by atoms with Gasteiger partial charge in [0, 0.05) is 28.3 Å². The quantitative estimate of drug-likeness (QED) is 0.374. The van der Waals surface area contributed by atoms with Crippen LogP contribution in [-0.4, -0.2) is 10.8 Å². The van der Waals surface area contributed by atoms with Gasteiger partial charge in [-0.15, -0.1) is 11.3 Å². The second-order valence-corrected chi connectivity index (χ2v) is 7.36. The van der Waals surface area contributed by atoms with E-state index in [0.717, 1.165) is 17.2 Å². The lowest BCUT2D eigenvalue weighted by molar-refractivity contribution is 0.101. The molecule has 3 rings (SSSR count). The van der Waals surface area contributed by atoms with Gasteiger partial charge in [-0.25, -0.2) is 0 Å². The Kier molecular flexibility index (Phi) is 5.41. The van der Waals surface area contributed by atoms with Crippen LogP contribution in [0.25, 0.3) is 21.2 Å². The number of nitrogens with zero attached hydrogens (tertiary/aromatic N) is 1. The standard InChI is InChI=1S/C21H23NOS/c1-3-4-5-6-8-16-11-12-20(24-16)18-9-7-10-19-17(18)13-14-22-21(19)15(2)23/h7,9-14H,3-6,8H2,1-2H3. The number of rotatable bonds is 7. The van der Waals surface area contributed by atoms with E-state index in [9.17, 15) is 4.79 Å². The molecule has 0 N–H and O–H groups in total. The van der Waals surface area contributed by atoms with Crippen molar-refractivity contribution in [1.82, 2.24) is 4.98 Å². The van der Waals surface area contributed by atoms with E-state index in [1.54, 1.807) is 13.1 Å².